The molecule has 0 saturated heterocycles. The van der Waals surface area contributed by atoms with Crippen LogP contribution in [-0.4, -0.2) is 0 Å². The standard InChI is InChI=1S/C36H42.C24H42.C23H40.C22H38/c1-4-7-25-31-34(28-19-13-10-14-20-28)32(26-8-5-2)36(30-23-17-12-18-24-30)33(27-9-6-3)35(31)29-21-15-11-16-22-29;1-7-10-12-15-21-17-22(16-13-11-8-2)24(19(4)5)23(18-21)20(6)14-9-3;1-6-10-12-15-20-17-21(16-13-11-7-2)22(9-4)23(18-20)19(5)14-8-3;1-6-9-11-14-20-16-21(15-12-10-7-2)19(5)22(17-20)18(4)13-8-3/h10-24H,4-9,25-27H2,1-3H3;17-20H,7-16H2,1-6H3;17-19H,6-16H2,1-5H3;16-18H,6-15H2,1-5H3. The minimum Gasteiger partial charge on any atom is -0.0654 e. The summed E-state index contributed by atoms with van der Waals surface area (Å²) >= 11 is 0. The van der Waals surface area contributed by atoms with Gasteiger partial charge in [-0.2, -0.15) is 0 Å². The zero-order valence-corrected chi connectivity index (χ0v) is 72.2. The summed E-state index contributed by atoms with van der Waals surface area (Å²) in [5.41, 5.74) is 32.9. The molecule has 3 unspecified atom stereocenters. The minimum absolute atomic E-state index is 0.639. The fourth-order valence-corrected chi connectivity index (χ4v) is 16.9. The van der Waals surface area contributed by atoms with Gasteiger partial charge in [-0.25, -0.2) is 0 Å². The van der Waals surface area contributed by atoms with Crippen LogP contribution in [0.15, 0.2) is 127 Å². The molecule has 0 bridgehead atoms. The molecule has 3 atom stereocenters. The fraction of sp³-hybridized carbons (Fsp3) is 0.600. The first-order valence-electron chi connectivity index (χ1n) is 44.9. The van der Waals surface area contributed by atoms with E-state index in [2.05, 4.69) is 259 Å². The topological polar surface area (TPSA) is 0 Å². The van der Waals surface area contributed by atoms with Gasteiger partial charge in [-0.3, -0.25) is 0 Å². The average molecular weight is 1420 g/mol. The third-order valence-corrected chi connectivity index (χ3v) is 22.8. The third-order valence-electron chi connectivity index (χ3n) is 22.8. The van der Waals surface area contributed by atoms with E-state index in [1.165, 1.54) is 271 Å². The molecular formula is C105H162. The van der Waals surface area contributed by atoms with Crippen molar-refractivity contribution in [3.05, 3.63) is 211 Å². The second-order valence-corrected chi connectivity index (χ2v) is 32.3. The SMILES string of the molecule is CCCCCc1cc(CCCCC)c(C(C)C)c(C(C)CCC)c1.CCCCCc1cc(CCCCC)c(C)c(C(C)CCC)c1.CCCCCc1cc(CCCCC)c(CC)c(C(C)CCC)c1.CCCCc1c(-c2ccccc2)c(CCCC)c(-c2ccccc2)c(CCCC)c1-c1ccccc1. The Bertz CT molecular complexity index is 3170. The van der Waals surface area contributed by atoms with Crippen LogP contribution in [0.3, 0.4) is 0 Å². The molecule has 0 saturated carbocycles. The number of unbranched alkanes of at least 4 members (excludes halogenated alkanes) is 15. The van der Waals surface area contributed by atoms with Crippen LogP contribution in [0, 0.1) is 6.92 Å². The second-order valence-electron chi connectivity index (χ2n) is 32.3. The van der Waals surface area contributed by atoms with Crippen molar-refractivity contribution in [3.63, 3.8) is 0 Å². The summed E-state index contributed by atoms with van der Waals surface area (Å²) in [7, 11) is 0. The third kappa shape index (κ3) is 31.2. The monoisotopic (exact) mass is 1420 g/mol. The van der Waals surface area contributed by atoms with E-state index in [4.69, 9.17) is 0 Å². The Balaban J connectivity index is 0.000000304. The lowest BCUT2D eigenvalue weighted by molar-refractivity contribution is 0.640. The molecule has 582 valence electrons. The van der Waals surface area contributed by atoms with Crippen LogP contribution < -0.4 is 0 Å². The lowest BCUT2D eigenvalue weighted by Crippen LogP contribution is -2.09. The zero-order chi connectivity index (χ0) is 76.6. The molecular weight excluding hydrogens is 1260 g/mol. The molecule has 0 aliphatic heterocycles. The van der Waals surface area contributed by atoms with E-state index >= 15 is 0 Å². The van der Waals surface area contributed by atoms with Gasteiger partial charge in [0.1, 0.15) is 0 Å². The van der Waals surface area contributed by atoms with Gasteiger partial charge < -0.3 is 0 Å². The molecule has 7 aromatic carbocycles. The van der Waals surface area contributed by atoms with Gasteiger partial charge in [0.05, 0.1) is 0 Å². The molecule has 7 aromatic rings. The molecule has 0 fully saturated rings. The molecule has 0 N–H and O–H groups in total. The van der Waals surface area contributed by atoms with Crippen LogP contribution >= 0.6 is 0 Å². The van der Waals surface area contributed by atoms with E-state index in [0.29, 0.717) is 23.7 Å². The first-order valence-corrected chi connectivity index (χ1v) is 44.9. The Labute approximate surface area is 652 Å². The van der Waals surface area contributed by atoms with Gasteiger partial charge in [0.25, 0.3) is 0 Å². The van der Waals surface area contributed by atoms with Crippen molar-refractivity contribution in [2.24, 2.45) is 0 Å². The predicted octanol–water partition coefficient (Wildman–Crippen LogP) is 33.9. The normalized spacial score (nSPS) is 12.1. The summed E-state index contributed by atoms with van der Waals surface area (Å²) < 4.78 is 0. The first-order chi connectivity index (χ1) is 51.1. The van der Waals surface area contributed by atoms with Crippen molar-refractivity contribution < 1.29 is 0 Å². The number of hydrogen-bond acceptors (Lipinski definition) is 0. The highest BCUT2D eigenvalue weighted by Gasteiger charge is 2.27. The second kappa shape index (κ2) is 55.0. The van der Waals surface area contributed by atoms with Crippen LogP contribution in [0.1, 0.15) is 424 Å². The molecule has 105 heavy (non-hydrogen) atoms. The van der Waals surface area contributed by atoms with E-state index in [1.54, 1.807) is 83.5 Å². The summed E-state index contributed by atoms with van der Waals surface area (Å²) in [5.74, 6) is 2.76. The van der Waals surface area contributed by atoms with Crippen molar-refractivity contribution in [1.29, 1.82) is 0 Å². The predicted molar refractivity (Wildman–Crippen MR) is 475 cm³/mol. The van der Waals surface area contributed by atoms with Crippen molar-refractivity contribution in [2.45, 2.75) is 412 Å². The smallest absolute Gasteiger partial charge is 0.0107 e. The van der Waals surface area contributed by atoms with E-state index in [0.717, 1.165) is 19.3 Å². The Kier molecular flexibility index (Phi) is 48.2. The summed E-state index contributed by atoms with van der Waals surface area (Å²) in [6.45, 7) is 44.4. The highest BCUT2D eigenvalue weighted by Crippen LogP contribution is 2.47. The van der Waals surface area contributed by atoms with Crippen LogP contribution in [-0.2, 0) is 64.2 Å². The van der Waals surface area contributed by atoms with E-state index in [1.807, 2.05) is 0 Å². The van der Waals surface area contributed by atoms with Gasteiger partial charge in [0, 0.05) is 0 Å². The molecule has 0 radical (unpaired) electrons. The maximum Gasteiger partial charge on any atom is -0.0107 e. The lowest BCUT2D eigenvalue weighted by Gasteiger charge is -2.28. The molecule has 0 heterocycles. The van der Waals surface area contributed by atoms with E-state index < -0.39 is 0 Å². The number of benzene rings is 7. The van der Waals surface area contributed by atoms with Crippen LogP contribution in [0.4, 0.5) is 0 Å². The lowest BCUT2D eigenvalue weighted by atomic mass is 9.76. The molecule has 0 spiro atoms. The van der Waals surface area contributed by atoms with Gasteiger partial charge in [0.2, 0.25) is 0 Å². The molecule has 0 aromatic heterocycles. The molecule has 0 amide bonds. The maximum atomic E-state index is 2.56. The molecule has 0 aliphatic rings. The van der Waals surface area contributed by atoms with Gasteiger partial charge in [-0.1, -0.05) is 368 Å². The van der Waals surface area contributed by atoms with Gasteiger partial charge in [-0.05, 0) is 289 Å². The summed E-state index contributed by atoms with van der Waals surface area (Å²) in [6, 6.07) is 48.9. The summed E-state index contributed by atoms with van der Waals surface area (Å²) in [6.07, 6.45) is 51.4. The van der Waals surface area contributed by atoms with Crippen molar-refractivity contribution in [1.82, 2.24) is 0 Å². The Morgan fingerprint density at radius 2 is 0.533 bits per heavy atom. The maximum absolute atomic E-state index is 2.56. The van der Waals surface area contributed by atoms with E-state index in [-0.39, 0.29) is 0 Å². The number of aryl methyl sites for hydroxylation is 6. The quantitative estimate of drug-likeness (QED) is 0.0334. The van der Waals surface area contributed by atoms with Gasteiger partial charge >= 0.3 is 0 Å². The number of rotatable bonds is 47. The highest BCUT2D eigenvalue weighted by atomic mass is 14.3. The van der Waals surface area contributed by atoms with Crippen molar-refractivity contribution >= 4 is 0 Å². The van der Waals surface area contributed by atoms with Crippen molar-refractivity contribution in [3.8, 4) is 33.4 Å². The Morgan fingerprint density at radius 1 is 0.248 bits per heavy atom. The Hall–Kier alpha value is -5.46. The average Bonchev–Trinajstić information content (AvgIpc) is 0.738. The van der Waals surface area contributed by atoms with Crippen LogP contribution in [0.2, 0.25) is 0 Å². The molecule has 0 aliphatic carbocycles. The molecule has 0 heteroatoms. The molecule has 7 rings (SSSR count). The van der Waals surface area contributed by atoms with Gasteiger partial charge in [0.15, 0.2) is 0 Å². The van der Waals surface area contributed by atoms with Crippen LogP contribution in [0.25, 0.3) is 33.4 Å². The largest absolute Gasteiger partial charge is 0.0654 e. The Morgan fingerprint density at radius 3 is 0.867 bits per heavy atom. The summed E-state index contributed by atoms with van der Waals surface area (Å²) in [4.78, 5) is 0. The number of hydrogen-bond donors (Lipinski definition) is 0. The van der Waals surface area contributed by atoms with Crippen molar-refractivity contribution in [2.75, 3.05) is 0 Å². The minimum atomic E-state index is 0.639. The summed E-state index contributed by atoms with van der Waals surface area (Å²) in [5, 5.41) is 0. The van der Waals surface area contributed by atoms with Gasteiger partial charge in [-0.15, -0.1) is 0 Å². The fourth-order valence-electron chi connectivity index (χ4n) is 16.9. The van der Waals surface area contributed by atoms with Crippen LogP contribution in [0.5, 0.6) is 0 Å². The zero-order valence-electron chi connectivity index (χ0n) is 72.2. The van der Waals surface area contributed by atoms with E-state index in [9.17, 15) is 0 Å². The highest BCUT2D eigenvalue weighted by molar-refractivity contribution is 5.92. The first kappa shape index (κ1) is 91.9. The molecule has 0 nitrogen and oxygen atoms in total.